The van der Waals surface area contributed by atoms with Crippen LogP contribution in [0.1, 0.15) is 0 Å². The summed E-state index contributed by atoms with van der Waals surface area (Å²) in [5.74, 6) is 0. The van der Waals surface area contributed by atoms with Gasteiger partial charge in [-0.2, -0.15) is 11.3 Å². The zero-order chi connectivity index (χ0) is 6.81. The van der Waals surface area contributed by atoms with Crippen molar-refractivity contribution in [2.24, 2.45) is 0 Å². The molecule has 0 aliphatic rings. The third kappa shape index (κ3) is 1.95. The Labute approximate surface area is 86.7 Å². The van der Waals surface area contributed by atoms with Crippen molar-refractivity contribution in [1.82, 2.24) is 9.36 Å². The molecule has 5 heteroatoms. The molecule has 0 saturated heterocycles. The Morgan fingerprint density at radius 2 is 2.36 bits per heavy atom. The van der Waals surface area contributed by atoms with Crippen molar-refractivity contribution in [1.29, 1.82) is 0 Å². The summed E-state index contributed by atoms with van der Waals surface area (Å²) in [6.07, 6.45) is 4.64. The first-order valence-electron chi connectivity index (χ1n) is 2.69. The van der Waals surface area contributed by atoms with Crippen molar-refractivity contribution < 1.29 is 21.1 Å². The minimum Gasteiger partial charge on any atom is -0.309 e. The van der Waals surface area contributed by atoms with Gasteiger partial charge in [0.05, 0.1) is 0 Å². The van der Waals surface area contributed by atoms with Crippen LogP contribution < -0.4 is 0 Å². The number of thiazole rings is 1. The van der Waals surface area contributed by atoms with Crippen LogP contribution in [0.25, 0.3) is 10.6 Å². The van der Waals surface area contributed by atoms with Crippen LogP contribution in [-0.4, -0.2) is 9.36 Å². The Morgan fingerprint density at radius 1 is 1.45 bits per heavy atom. The van der Waals surface area contributed by atoms with Crippen molar-refractivity contribution in [2.75, 3.05) is 0 Å². The molecule has 2 aromatic rings. The summed E-state index contributed by atoms with van der Waals surface area (Å²) in [5, 5.41) is 4.88. The molecular weight excluding hydrogens is 359 g/mol. The molecule has 0 bridgehead atoms. The first kappa shape index (κ1) is 9.04. The maximum absolute atomic E-state index is 4.11. The van der Waals surface area contributed by atoms with E-state index in [0.29, 0.717) is 0 Å². The Kier molecular flexibility index (Phi) is 3.36. The van der Waals surface area contributed by atoms with Gasteiger partial charge in [0, 0.05) is 32.3 Å². The molecule has 0 aromatic carbocycles. The predicted molar refractivity (Wildman–Crippen MR) is 42.1 cm³/mol. The summed E-state index contributed by atoms with van der Waals surface area (Å²) < 4.78 is 3.86. The van der Waals surface area contributed by atoms with Gasteiger partial charge < -0.3 is 4.98 Å². The normalized spacial score (nSPS) is 9.09. The minimum atomic E-state index is 0. The van der Waals surface area contributed by atoms with Crippen LogP contribution in [0, 0.1) is 6.20 Å². The van der Waals surface area contributed by atoms with E-state index < -0.39 is 0 Å². The van der Waals surface area contributed by atoms with Gasteiger partial charge >= 0.3 is 0 Å². The number of hydrogen-bond acceptors (Lipinski definition) is 4. The van der Waals surface area contributed by atoms with Crippen LogP contribution >= 0.6 is 22.9 Å². The van der Waals surface area contributed by atoms with E-state index in [1.54, 1.807) is 17.5 Å². The van der Waals surface area contributed by atoms with Gasteiger partial charge in [0.2, 0.25) is 0 Å². The van der Waals surface area contributed by atoms with Gasteiger partial charge in [-0.05, 0) is 5.38 Å². The van der Waals surface area contributed by atoms with E-state index in [4.69, 9.17) is 0 Å². The van der Waals surface area contributed by atoms with Crippen LogP contribution in [0.15, 0.2) is 17.0 Å². The molecule has 0 fully saturated rings. The molecule has 2 nitrogen and oxygen atoms in total. The third-order valence-corrected chi connectivity index (χ3v) is 2.40. The number of nitrogens with zero attached hydrogens (tertiary/aromatic N) is 2. The average Bonchev–Trinajstić information content (AvgIpc) is 2.59. The summed E-state index contributed by atoms with van der Waals surface area (Å²) in [7, 11) is 0. The van der Waals surface area contributed by atoms with E-state index in [9.17, 15) is 0 Å². The van der Waals surface area contributed by atoms with E-state index in [1.165, 1.54) is 11.5 Å². The fourth-order valence-corrected chi connectivity index (χ4v) is 1.79. The molecule has 60 valence electrons. The standard InChI is InChI=1S/C6H3N2S2.Pt/c1-2-9-6(7-1)5-3-8-10-4-5;/h1-2,4H;/q-1;. The second kappa shape index (κ2) is 4.09. The fraction of sp³-hybridized carbons (Fsp3) is 0. The van der Waals surface area contributed by atoms with Crippen LogP contribution in [0.4, 0.5) is 0 Å². The smallest absolute Gasteiger partial charge is 0.0223 e. The summed E-state index contributed by atoms with van der Waals surface area (Å²) in [6, 6.07) is 0. The molecule has 0 unspecified atom stereocenters. The van der Waals surface area contributed by atoms with Gasteiger partial charge in [0.25, 0.3) is 0 Å². The molecule has 0 radical (unpaired) electrons. The molecule has 2 aromatic heterocycles. The zero-order valence-corrected chi connectivity index (χ0v) is 9.16. The molecule has 0 amide bonds. The monoisotopic (exact) mass is 362 g/mol. The van der Waals surface area contributed by atoms with Gasteiger partial charge in [0.1, 0.15) is 0 Å². The first-order valence-corrected chi connectivity index (χ1v) is 4.40. The van der Waals surface area contributed by atoms with E-state index in [1.807, 2.05) is 10.8 Å². The topological polar surface area (TPSA) is 25.8 Å². The first-order chi connectivity index (χ1) is 4.97. The molecule has 0 spiro atoms. The maximum Gasteiger partial charge on any atom is 0.0223 e. The summed E-state index contributed by atoms with van der Waals surface area (Å²) in [5.41, 5.74) is 1.00. The quantitative estimate of drug-likeness (QED) is 0.726. The third-order valence-electron chi connectivity index (χ3n) is 1.05. The Balaban J connectivity index is 0.000000605. The molecular formula is C6H3N2PtS2-. The second-order valence-corrected chi connectivity index (χ2v) is 3.20. The summed E-state index contributed by atoms with van der Waals surface area (Å²) >= 11 is 3.00. The number of aromatic nitrogens is 2. The Bertz CT molecular complexity index is 258. The van der Waals surface area contributed by atoms with Crippen molar-refractivity contribution in [3.63, 3.8) is 0 Å². The predicted octanol–water partition coefficient (Wildman–Crippen LogP) is 2.06. The van der Waals surface area contributed by atoms with Crippen molar-refractivity contribution in [3.05, 3.63) is 23.2 Å². The van der Waals surface area contributed by atoms with Crippen molar-refractivity contribution >= 4 is 22.9 Å². The average molecular weight is 362 g/mol. The minimum absolute atomic E-state index is 0. The molecule has 0 N–H and O–H groups in total. The van der Waals surface area contributed by atoms with Gasteiger partial charge in [0.15, 0.2) is 0 Å². The Morgan fingerprint density at radius 3 is 2.91 bits per heavy atom. The van der Waals surface area contributed by atoms with Gasteiger partial charge in [-0.15, -0.1) is 17.1 Å². The largest absolute Gasteiger partial charge is 0.309 e. The molecule has 0 aliphatic heterocycles. The summed E-state index contributed by atoms with van der Waals surface area (Å²) in [4.78, 5) is 4.11. The van der Waals surface area contributed by atoms with Crippen LogP contribution in [0.5, 0.6) is 0 Å². The fourth-order valence-electron chi connectivity index (χ4n) is 0.636. The van der Waals surface area contributed by atoms with Crippen LogP contribution in [0.2, 0.25) is 0 Å². The van der Waals surface area contributed by atoms with E-state index in [0.717, 1.165) is 10.6 Å². The molecule has 2 heterocycles. The van der Waals surface area contributed by atoms with E-state index in [-0.39, 0.29) is 21.1 Å². The second-order valence-electron chi connectivity index (χ2n) is 1.68. The van der Waals surface area contributed by atoms with Gasteiger partial charge in [-0.1, -0.05) is 11.6 Å². The van der Waals surface area contributed by atoms with Crippen LogP contribution in [-0.2, 0) is 21.1 Å². The summed E-state index contributed by atoms with van der Waals surface area (Å²) in [6.45, 7) is 0. The number of rotatable bonds is 1. The zero-order valence-electron chi connectivity index (χ0n) is 5.26. The molecule has 11 heavy (non-hydrogen) atoms. The Hall–Kier alpha value is -0.0517. The molecule has 2 rings (SSSR count). The SMILES string of the molecule is [Pt].[c-]1nscc1-c1nccs1. The van der Waals surface area contributed by atoms with Gasteiger partial charge in [-0.3, -0.25) is 4.37 Å². The molecule has 0 aliphatic carbocycles. The van der Waals surface area contributed by atoms with E-state index in [2.05, 4.69) is 15.6 Å². The van der Waals surface area contributed by atoms with E-state index >= 15 is 0 Å². The molecule has 0 atom stereocenters. The molecule has 0 saturated carbocycles. The number of hydrogen-bond donors (Lipinski definition) is 0. The maximum atomic E-state index is 4.11. The van der Waals surface area contributed by atoms with Crippen LogP contribution in [0.3, 0.4) is 0 Å². The van der Waals surface area contributed by atoms with Gasteiger partial charge in [-0.25, -0.2) is 0 Å². The van der Waals surface area contributed by atoms with Crippen molar-refractivity contribution in [3.8, 4) is 10.6 Å². The van der Waals surface area contributed by atoms with Crippen molar-refractivity contribution in [2.45, 2.75) is 0 Å².